The van der Waals surface area contributed by atoms with E-state index in [-0.39, 0.29) is 6.04 Å². The van der Waals surface area contributed by atoms with E-state index in [1.165, 1.54) is 16.8 Å². The molecule has 0 spiro atoms. The highest BCUT2D eigenvalue weighted by Gasteiger charge is 2.23. The molecule has 106 valence electrons. The number of H-pyrrole nitrogens is 1. The Morgan fingerprint density at radius 3 is 2.85 bits per heavy atom. The largest absolute Gasteiger partial charge is 0.353 e. The Balaban J connectivity index is 2.01. The van der Waals surface area contributed by atoms with Gasteiger partial charge >= 0.3 is 0 Å². The van der Waals surface area contributed by atoms with Crippen molar-refractivity contribution < 1.29 is 0 Å². The summed E-state index contributed by atoms with van der Waals surface area (Å²) in [6, 6.07) is 10.8. The van der Waals surface area contributed by atoms with Gasteiger partial charge in [-0.15, -0.1) is 0 Å². The summed E-state index contributed by atoms with van der Waals surface area (Å²) in [5.74, 6) is 1.06. The van der Waals surface area contributed by atoms with E-state index in [2.05, 4.69) is 46.3 Å². The fourth-order valence-corrected chi connectivity index (χ4v) is 2.96. The zero-order chi connectivity index (χ0) is 13.9. The molecule has 0 saturated carbocycles. The Kier molecular flexibility index (Phi) is 3.74. The van der Waals surface area contributed by atoms with Gasteiger partial charge in [-0.3, -0.25) is 5.10 Å². The number of hydrogen-bond donors (Lipinski definition) is 2. The van der Waals surface area contributed by atoms with Crippen molar-refractivity contribution in [3.8, 4) is 11.1 Å². The van der Waals surface area contributed by atoms with Gasteiger partial charge in [-0.05, 0) is 24.8 Å². The molecule has 4 nitrogen and oxygen atoms in total. The lowest BCUT2D eigenvalue weighted by Crippen LogP contribution is -2.43. The standard InChI is InChI=1S/C16H22N4/c1-2-14-15(12-7-4-3-5-8-12)16(19-18-14)20-10-6-9-13(17)11-20/h3-5,7-8,13H,2,6,9-11,17H2,1H3,(H,18,19). The van der Waals surface area contributed by atoms with Crippen molar-refractivity contribution in [2.45, 2.75) is 32.2 Å². The third kappa shape index (κ3) is 2.43. The molecule has 0 aliphatic carbocycles. The van der Waals surface area contributed by atoms with Gasteiger partial charge < -0.3 is 10.6 Å². The van der Waals surface area contributed by atoms with Crippen LogP contribution < -0.4 is 10.6 Å². The highest BCUT2D eigenvalue weighted by Crippen LogP contribution is 2.33. The van der Waals surface area contributed by atoms with Crippen LogP contribution in [-0.2, 0) is 6.42 Å². The second-order valence-corrected chi connectivity index (χ2v) is 5.47. The first-order valence-corrected chi connectivity index (χ1v) is 7.42. The van der Waals surface area contributed by atoms with Crippen molar-refractivity contribution in [3.05, 3.63) is 36.0 Å². The van der Waals surface area contributed by atoms with Crippen LogP contribution in [0.15, 0.2) is 30.3 Å². The molecule has 1 aromatic heterocycles. The van der Waals surface area contributed by atoms with Gasteiger partial charge in [0.15, 0.2) is 5.82 Å². The van der Waals surface area contributed by atoms with Crippen LogP contribution in [0, 0.1) is 0 Å². The Labute approximate surface area is 120 Å². The number of nitrogens with two attached hydrogens (primary N) is 1. The lowest BCUT2D eigenvalue weighted by atomic mass is 10.0. The van der Waals surface area contributed by atoms with Crippen LogP contribution in [0.25, 0.3) is 11.1 Å². The van der Waals surface area contributed by atoms with Crippen molar-refractivity contribution in [1.82, 2.24) is 10.2 Å². The van der Waals surface area contributed by atoms with Gasteiger partial charge in [0.05, 0.1) is 0 Å². The molecule has 1 aliphatic rings. The highest BCUT2D eigenvalue weighted by atomic mass is 15.3. The lowest BCUT2D eigenvalue weighted by Gasteiger charge is -2.31. The fraction of sp³-hybridized carbons (Fsp3) is 0.438. The maximum atomic E-state index is 6.11. The maximum Gasteiger partial charge on any atom is 0.158 e. The summed E-state index contributed by atoms with van der Waals surface area (Å²) < 4.78 is 0. The van der Waals surface area contributed by atoms with E-state index in [4.69, 9.17) is 5.73 Å². The molecule has 1 atom stereocenters. The van der Waals surface area contributed by atoms with Crippen LogP contribution in [0.1, 0.15) is 25.5 Å². The van der Waals surface area contributed by atoms with Crippen molar-refractivity contribution in [2.24, 2.45) is 5.73 Å². The number of aryl methyl sites for hydroxylation is 1. The zero-order valence-electron chi connectivity index (χ0n) is 12.0. The quantitative estimate of drug-likeness (QED) is 0.901. The van der Waals surface area contributed by atoms with Gasteiger partial charge in [0, 0.05) is 30.4 Å². The molecule has 20 heavy (non-hydrogen) atoms. The average Bonchev–Trinajstić information content (AvgIpc) is 2.92. The molecule has 1 fully saturated rings. The summed E-state index contributed by atoms with van der Waals surface area (Å²) in [6.07, 6.45) is 3.21. The number of nitrogens with one attached hydrogen (secondary N) is 1. The smallest absolute Gasteiger partial charge is 0.158 e. The lowest BCUT2D eigenvalue weighted by molar-refractivity contribution is 0.503. The molecule has 1 aromatic carbocycles. The molecule has 0 bridgehead atoms. The van der Waals surface area contributed by atoms with Crippen LogP contribution in [0.3, 0.4) is 0 Å². The molecule has 0 amide bonds. The van der Waals surface area contributed by atoms with Crippen LogP contribution in [0.2, 0.25) is 0 Å². The second-order valence-electron chi connectivity index (χ2n) is 5.47. The van der Waals surface area contributed by atoms with Crippen LogP contribution in [-0.4, -0.2) is 29.3 Å². The number of piperidine rings is 1. The molecule has 2 heterocycles. The van der Waals surface area contributed by atoms with Crippen LogP contribution >= 0.6 is 0 Å². The van der Waals surface area contributed by atoms with Gasteiger partial charge in [-0.1, -0.05) is 37.3 Å². The van der Waals surface area contributed by atoms with E-state index in [0.29, 0.717) is 0 Å². The minimum absolute atomic E-state index is 0.258. The Hall–Kier alpha value is -1.81. The topological polar surface area (TPSA) is 57.9 Å². The number of anilines is 1. The van der Waals surface area contributed by atoms with E-state index in [9.17, 15) is 0 Å². The fourth-order valence-electron chi connectivity index (χ4n) is 2.96. The number of nitrogens with zero attached hydrogens (tertiary/aromatic N) is 2. The second kappa shape index (κ2) is 5.67. The van der Waals surface area contributed by atoms with E-state index < -0.39 is 0 Å². The van der Waals surface area contributed by atoms with E-state index in [0.717, 1.165) is 38.2 Å². The molecular formula is C16H22N4. The van der Waals surface area contributed by atoms with E-state index in [1.807, 2.05) is 6.07 Å². The first kappa shape index (κ1) is 13.2. The number of benzene rings is 1. The zero-order valence-corrected chi connectivity index (χ0v) is 12.0. The number of aromatic nitrogens is 2. The van der Waals surface area contributed by atoms with Crippen molar-refractivity contribution in [3.63, 3.8) is 0 Å². The molecule has 3 rings (SSSR count). The normalized spacial score (nSPS) is 19.3. The van der Waals surface area contributed by atoms with Gasteiger partial charge in [-0.2, -0.15) is 5.10 Å². The Morgan fingerprint density at radius 2 is 2.15 bits per heavy atom. The monoisotopic (exact) mass is 270 g/mol. The predicted molar refractivity (Wildman–Crippen MR) is 82.8 cm³/mol. The number of rotatable bonds is 3. The molecule has 3 N–H and O–H groups in total. The molecule has 4 heteroatoms. The maximum absolute atomic E-state index is 6.11. The van der Waals surface area contributed by atoms with E-state index >= 15 is 0 Å². The van der Waals surface area contributed by atoms with Gasteiger partial charge in [0.1, 0.15) is 0 Å². The molecule has 2 aromatic rings. The summed E-state index contributed by atoms with van der Waals surface area (Å²) in [7, 11) is 0. The van der Waals surface area contributed by atoms with Gasteiger partial charge in [0.25, 0.3) is 0 Å². The Morgan fingerprint density at radius 1 is 1.35 bits per heavy atom. The first-order valence-electron chi connectivity index (χ1n) is 7.42. The highest BCUT2D eigenvalue weighted by molar-refractivity contribution is 5.78. The molecular weight excluding hydrogens is 248 g/mol. The van der Waals surface area contributed by atoms with E-state index in [1.54, 1.807) is 0 Å². The third-order valence-corrected chi connectivity index (χ3v) is 4.00. The predicted octanol–water partition coefficient (Wildman–Crippen LogP) is 2.57. The van der Waals surface area contributed by atoms with Crippen molar-refractivity contribution in [1.29, 1.82) is 0 Å². The van der Waals surface area contributed by atoms with Gasteiger partial charge in [0.2, 0.25) is 0 Å². The van der Waals surface area contributed by atoms with Crippen molar-refractivity contribution in [2.75, 3.05) is 18.0 Å². The van der Waals surface area contributed by atoms with Gasteiger partial charge in [-0.25, -0.2) is 0 Å². The summed E-state index contributed by atoms with van der Waals surface area (Å²) in [6.45, 7) is 4.10. The molecule has 1 saturated heterocycles. The van der Waals surface area contributed by atoms with Crippen LogP contribution in [0.5, 0.6) is 0 Å². The summed E-state index contributed by atoms with van der Waals surface area (Å²) in [4.78, 5) is 2.33. The van der Waals surface area contributed by atoms with Crippen molar-refractivity contribution >= 4 is 5.82 Å². The Bertz CT molecular complexity index is 561. The summed E-state index contributed by atoms with van der Waals surface area (Å²) in [5.41, 5.74) is 9.78. The molecule has 1 aliphatic heterocycles. The number of hydrogen-bond acceptors (Lipinski definition) is 3. The minimum Gasteiger partial charge on any atom is -0.353 e. The minimum atomic E-state index is 0.258. The first-order chi connectivity index (χ1) is 9.79. The third-order valence-electron chi connectivity index (χ3n) is 4.00. The summed E-state index contributed by atoms with van der Waals surface area (Å²) >= 11 is 0. The summed E-state index contributed by atoms with van der Waals surface area (Å²) in [5, 5.41) is 7.77. The molecule has 1 unspecified atom stereocenters. The number of aromatic amines is 1. The molecule has 0 radical (unpaired) electrons. The van der Waals surface area contributed by atoms with Crippen LogP contribution in [0.4, 0.5) is 5.82 Å². The SMILES string of the molecule is CCc1[nH]nc(N2CCCC(N)C2)c1-c1ccccc1. The average molecular weight is 270 g/mol.